The minimum atomic E-state index is -0.645. The average molecular weight is 343 g/mol. The van der Waals surface area contributed by atoms with Gasteiger partial charge in [-0.1, -0.05) is 15.9 Å². The maximum Gasteiger partial charge on any atom is 0.237 e. The van der Waals surface area contributed by atoms with Gasteiger partial charge in [0.15, 0.2) is 0 Å². The van der Waals surface area contributed by atoms with Crippen molar-refractivity contribution in [3.63, 3.8) is 0 Å². The van der Waals surface area contributed by atoms with Crippen molar-refractivity contribution in [2.75, 3.05) is 19.7 Å². The van der Waals surface area contributed by atoms with E-state index in [1.165, 1.54) is 0 Å². The lowest BCUT2D eigenvalue weighted by Gasteiger charge is -2.24. The molecule has 6 heteroatoms. The SMILES string of the molecule is O=C1NCCCC1NCC(O)COc1ccc(Br)cc1. The number of benzene rings is 1. The van der Waals surface area contributed by atoms with Gasteiger partial charge in [0.1, 0.15) is 18.5 Å². The molecule has 1 amide bonds. The van der Waals surface area contributed by atoms with E-state index < -0.39 is 6.10 Å². The van der Waals surface area contributed by atoms with Crippen LogP contribution in [0.5, 0.6) is 5.75 Å². The topological polar surface area (TPSA) is 70.6 Å². The summed E-state index contributed by atoms with van der Waals surface area (Å²) in [7, 11) is 0. The Hall–Kier alpha value is -1.11. The number of hydrogen-bond acceptors (Lipinski definition) is 4. The number of halogens is 1. The molecule has 5 nitrogen and oxygen atoms in total. The lowest BCUT2D eigenvalue weighted by Crippen LogP contribution is -2.50. The first-order chi connectivity index (χ1) is 9.65. The van der Waals surface area contributed by atoms with Crippen LogP contribution in [0.4, 0.5) is 0 Å². The monoisotopic (exact) mass is 342 g/mol. The summed E-state index contributed by atoms with van der Waals surface area (Å²) >= 11 is 3.35. The second kappa shape index (κ2) is 7.61. The molecule has 1 aliphatic heterocycles. The highest BCUT2D eigenvalue weighted by Crippen LogP contribution is 2.16. The fourth-order valence-corrected chi connectivity index (χ4v) is 2.29. The highest BCUT2D eigenvalue weighted by molar-refractivity contribution is 9.10. The Morgan fingerprint density at radius 3 is 2.90 bits per heavy atom. The molecule has 1 saturated heterocycles. The minimum absolute atomic E-state index is 0.0114. The Kier molecular flexibility index (Phi) is 5.82. The van der Waals surface area contributed by atoms with E-state index in [4.69, 9.17) is 4.74 Å². The average Bonchev–Trinajstić information content (AvgIpc) is 2.46. The zero-order chi connectivity index (χ0) is 14.4. The van der Waals surface area contributed by atoms with Crippen LogP contribution < -0.4 is 15.4 Å². The molecule has 1 heterocycles. The van der Waals surface area contributed by atoms with Crippen molar-refractivity contribution in [1.29, 1.82) is 0 Å². The maximum atomic E-state index is 11.5. The second-order valence-electron chi connectivity index (χ2n) is 4.81. The van der Waals surface area contributed by atoms with Crippen molar-refractivity contribution in [2.45, 2.75) is 25.0 Å². The van der Waals surface area contributed by atoms with Crippen molar-refractivity contribution in [1.82, 2.24) is 10.6 Å². The van der Waals surface area contributed by atoms with Gasteiger partial charge in [-0.3, -0.25) is 4.79 Å². The number of piperidine rings is 1. The van der Waals surface area contributed by atoms with E-state index in [2.05, 4.69) is 26.6 Å². The summed E-state index contributed by atoms with van der Waals surface area (Å²) in [6.07, 6.45) is 1.13. The van der Waals surface area contributed by atoms with Gasteiger partial charge in [0.25, 0.3) is 0 Å². The quantitative estimate of drug-likeness (QED) is 0.722. The number of aliphatic hydroxyl groups is 1. The van der Waals surface area contributed by atoms with Gasteiger partial charge in [0.2, 0.25) is 5.91 Å². The number of ether oxygens (including phenoxy) is 1. The molecule has 20 heavy (non-hydrogen) atoms. The molecular formula is C14H19BrN2O3. The molecule has 1 aliphatic rings. The minimum Gasteiger partial charge on any atom is -0.491 e. The van der Waals surface area contributed by atoms with Crippen molar-refractivity contribution in [3.05, 3.63) is 28.7 Å². The van der Waals surface area contributed by atoms with E-state index in [0.29, 0.717) is 12.3 Å². The second-order valence-corrected chi connectivity index (χ2v) is 5.73. The molecule has 1 fully saturated rings. The molecule has 3 N–H and O–H groups in total. The number of amides is 1. The van der Waals surface area contributed by atoms with E-state index in [0.717, 1.165) is 23.9 Å². The van der Waals surface area contributed by atoms with Crippen molar-refractivity contribution in [2.24, 2.45) is 0 Å². The van der Waals surface area contributed by atoms with Crippen LogP contribution >= 0.6 is 15.9 Å². The van der Waals surface area contributed by atoms with Gasteiger partial charge in [-0.2, -0.15) is 0 Å². The van der Waals surface area contributed by atoms with Crippen molar-refractivity contribution >= 4 is 21.8 Å². The maximum absolute atomic E-state index is 11.5. The predicted molar refractivity (Wildman–Crippen MR) is 79.7 cm³/mol. The third-order valence-corrected chi connectivity index (χ3v) is 3.67. The highest BCUT2D eigenvalue weighted by Gasteiger charge is 2.21. The summed E-state index contributed by atoms with van der Waals surface area (Å²) in [5.41, 5.74) is 0. The summed E-state index contributed by atoms with van der Waals surface area (Å²) in [4.78, 5) is 11.5. The van der Waals surface area contributed by atoms with Gasteiger partial charge in [-0.05, 0) is 37.1 Å². The lowest BCUT2D eigenvalue weighted by molar-refractivity contribution is -0.124. The van der Waals surface area contributed by atoms with Crippen LogP contribution in [-0.2, 0) is 4.79 Å². The standard InChI is InChI=1S/C14H19BrN2O3/c15-10-3-5-12(6-4-10)20-9-11(18)8-17-13-2-1-7-16-14(13)19/h3-6,11,13,17-18H,1-2,7-9H2,(H,16,19). The first kappa shape index (κ1) is 15.3. The Labute approximate surface area is 126 Å². The molecule has 110 valence electrons. The van der Waals surface area contributed by atoms with Crippen LogP contribution in [0, 0.1) is 0 Å². The Bertz CT molecular complexity index is 439. The first-order valence-corrected chi connectivity index (χ1v) is 7.52. The summed E-state index contributed by atoms with van der Waals surface area (Å²) in [6.45, 7) is 1.28. The van der Waals surface area contributed by atoms with Gasteiger partial charge < -0.3 is 20.5 Å². The van der Waals surface area contributed by atoms with Crippen LogP contribution in [0.1, 0.15) is 12.8 Å². The number of aliphatic hydroxyl groups excluding tert-OH is 1. The molecule has 2 rings (SSSR count). The van der Waals surface area contributed by atoms with E-state index in [1.807, 2.05) is 24.3 Å². The predicted octanol–water partition coefficient (Wildman–Crippen LogP) is 1.06. The molecule has 2 atom stereocenters. The van der Waals surface area contributed by atoms with E-state index in [9.17, 15) is 9.90 Å². The van der Waals surface area contributed by atoms with Gasteiger partial charge in [-0.15, -0.1) is 0 Å². The largest absolute Gasteiger partial charge is 0.491 e. The first-order valence-electron chi connectivity index (χ1n) is 6.72. The molecule has 1 aromatic rings. The fraction of sp³-hybridized carbons (Fsp3) is 0.500. The number of rotatable bonds is 6. The van der Waals surface area contributed by atoms with Crippen LogP contribution in [0.25, 0.3) is 0 Å². The zero-order valence-electron chi connectivity index (χ0n) is 11.1. The normalized spacial score (nSPS) is 20.3. The van der Waals surface area contributed by atoms with Crippen LogP contribution in [0.3, 0.4) is 0 Å². The number of hydrogen-bond donors (Lipinski definition) is 3. The lowest BCUT2D eigenvalue weighted by atomic mass is 10.1. The van der Waals surface area contributed by atoms with E-state index >= 15 is 0 Å². The number of carbonyl (C=O) groups is 1. The molecule has 0 aromatic heterocycles. The Morgan fingerprint density at radius 1 is 1.45 bits per heavy atom. The molecule has 0 bridgehead atoms. The highest BCUT2D eigenvalue weighted by atomic mass is 79.9. The summed E-state index contributed by atoms with van der Waals surface area (Å²) in [5, 5.41) is 15.7. The summed E-state index contributed by atoms with van der Waals surface area (Å²) in [5.74, 6) is 0.722. The smallest absolute Gasteiger partial charge is 0.237 e. The van der Waals surface area contributed by atoms with Gasteiger partial charge in [0, 0.05) is 17.6 Å². The van der Waals surface area contributed by atoms with Crippen molar-refractivity contribution in [3.8, 4) is 5.75 Å². The third kappa shape index (κ3) is 4.77. The van der Waals surface area contributed by atoms with Gasteiger partial charge in [-0.25, -0.2) is 0 Å². The molecule has 1 aromatic carbocycles. The van der Waals surface area contributed by atoms with E-state index in [-0.39, 0.29) is 18.6 Å². The van der Waals surface area contributed by atoms with Crippen molar-refractivity contribution < 1.29 is 14.6 Å². The molecule has 0 saturated carbocycles. The van der Waals surface area contributed by atoms with Crippen LogP contribution in [0.2, 0.25) is 0 Å². The molecule has 0 spiro atoms. The molecular weight excluding hydrogens is 324 g/mol. The Morgan fingerprint density at radius 2 is 2.20 bits per heavy atom. The van der Waals surface area contributed by atoms with Gasteiger partial charge >= 0.3 is 0 Å². The molecule has 2 unspecified atom stereocenters. The van der Waals surface area contributed by atoms with Crippen LogP contribution in [-0.4, -0.2) is 42.9 Å². The Balaban J connectivity index is 1.68. The summed E-state index contributed by atoms with van der Waals surface area (Å²) < 4.78 is 6.46. The molecule has 0 aliphatic carbocycles. The zero-order valence-corrected chi connectivity index (χ0v) is 12.7. The van der Waals surface area contributed by atoms with Crippen LogP contribution in [0.15, 0.2) is 28.7 Å². The summed E-state index contributed by atoms with van der Waals surface area (Å²) in [6, 6.07) is 7.22. The molecule has 0 radical (unpaired) electrons. The van der Waals surface area contributed by atoms with E-state index in [1.54, 1.807) is 0 Å². The number of nitrogens with one attached hydrogen (secondary N) is 2. The number of carbonyl (C=O) groups excluding carboxylic acids is 1. The van der Waals surface area contributed by atoms with Gasteiger partial charge in [0.05, 0.1) is 6.04 Å². The fourth-order valence-electron chi connectivity index (χ4n) is 2.03. The third-order valence-electron chi connectivity index (χ3n) is 3.14.